The van der Waals surface area contributed by atoms with Crippen molar-refractivity contribution in [2.75, 3.05) is 0 Å². The second-order valence-electron chi connectivity index (χ2n) is 2.02. The molecule has 0 aromatic carbocycles. The van der Waals surface area contributed by atoms with Crippen molar-refractivity contribution in [2.45, 2.75) is 13.5 Å². The third-order valence-electron chi connectivity index (χ3n) is 0.696. The van der Waals surface area contributed by atoms with Crippen LogP contribution in [0.15, 0.2) is 24.1 Å². The minimum atomic E-state index is -1.92. The van der Waals surface area contributed by atoms with Crippen LogP contribution in [0, 0.1) is 0 Å². The van der Waals surface area contributed by atoms with Gasteiger partial charge in [0.2, 0.25) is 0 Å². The number of halogens is 4. The molecule has 0 bridgehead atoms. The minimum Gasteiger partial charge on any atom is -0.145 e. The molecule has 0 spiro atoms. The van der Waals surface area contributed by atoms with Gasteiger partial charge >= 0.3 is 0 Å². The smallest absolute Gasteiger partial charge is 0.145 e. The van der Waals surface area contributed by atoms with E-state index in [0.717, 1.165) is 0 Å². The van der Waals surface area contributed by atoms with Gasteiger partial charge < -0.3 is 0 Å². The normalized spacial score (nSPS) is 11.2. The summed E-state index contributed by atoms with van der Waals surface area (Å²) in [5.41, 5.74) is 3.44. The highest BCUT2D eigenvalue weighted by Gasteiger charge is 2.12. The lowest BCUT2D eigenvalue weighted by molar-refractivity contribution is 1.78. The van der Waals surface area contributed by atoms with Gasteiger partial charge in [0.25, 0.3) is 14.1 Å². The first kappa shape index (κ1) is 15.5. The van der Waals surface area contributed by atoms with E-state index in [0.29, 0.717) is 0 Å². The molecule has 0 aliphatic rings. The minimum absolute atomic E-state index is 1.41. The molecular weight excluding hydrogens is 270 g/mol. The molecule has 6 heteroatoms. The SMILES string of the molecule is C=C[Si](C)(Cl)Cl.CC=C[SiH](Cl)Cl. The van der Waals surface area contributed by atoms with Crippen LogP contribution < -0.4 is 0 Å². The van der Waals surface area contributed by atoms with E-state index in [4.69, 9.17) is 44.3 Å². The van der Waals surface area contributed by atoms with Crippen LogP contribution in [0.2, 0.25) is 6.55 Å². The summed E-state index contributed by atoms with van der Waals surface area (Å²) in [5, 5.41) is 0. The van der Waals surface area contributed by atoms with Gasteiger partial charge in [-0.05, 0) is 13.5 Å². The van der Waals surface area contributed by atoms with Crippen molar-refractivity contribution in [3.05, 3.63) is 24.1 Å². The monoisotopic (exact) mass is 280 g/mol. The van der Waals surface area contributed by atoms with Gasteiger partial charge in [0.05, 0.1) is 0 Å². The van der Waals surface area contributed by atoms with Crippen molar-refractivity contribution in [1.82, 2.24) is 0 Å². The zero-order valence-electron chi connectivity index (χ0n) is 7.03. The molecule has 0 N–H and O–H groups in total. The molecule has 12 heavy (non-hydrogen) atoms. The lowest BCUT2D eigenvalue weighted by atomic mass is 10.8. The maximum atomic E-state index is 5.50. The lowest BCUT2D eigenvalue weighted by Crippen LogP contribution is -2.05. The van der Waals surface area contributed by atoms with Crippen LogP contribution in [-0.2, 0) is 0 Å². The van der Waals surface area contributed by atoms with Crippen molar-refractivity contribution in [3.63, 3.8) is 0 Å². The fraction of sp³-hybridized carbons (Fsp3) is 0.333. The summed E-state index contributed by atoms with van der Waals surface area (Å²) in [7, 11) is -1.41. The molecule has 0 aromatic rings. The van der Waals surface area contributed by atoms with E-state index in [1.165, 1.54) is 0 Å². The quantitative estimate of drug-likeness (QED) is 0.529. The molecule has 0 nitrogen and oxygen atoms in total. The first-order chi connectivity index (χ1) is 5.33. The molecule has 0 rings (SSSR count). The Kier molecular flexibility index (Phi) is 11.2. The molecule has 0 radical (unpaired) electrons. The molecule has 0 saturated heterocycles. The molecule has 0 aromatic heterocycles. The van der Waals surface area contributed by atoms with Crippen LogP contribution in [0.1, 0.15) is 6.92 Å². The Balaban J connectivity index is 0. The average molecular weight is 282 g/mol. The van der Waals surface area contributed by atoms with Crippen LogP contribution in [0.5, 0.6) is 0 Å². The van der Waals surface area contributed by atoms with E-state index in [2.05, 4.69) is 6.58 Å². The Hall–Kier alpha value is 1.07. The first-order valence-electron chi connectivity index (χ1n) is 3.26. The molecule has 0 fully saturated rings. The predicted molar refractivity (Wildman–Crippen MR) is 67.2 cm³/mol. The Morgan fingerprint density at radius 1 is 1.33 bits per heavy atom. The maximum absolute atomic E-state index is 5.50. The zero-order chi connectivity index (χ0) is 10.2. The van der Waals surface area contributed by atoms with E-state index in [-0.39, 0.29) is 0 Å². The van der Waals surface area contributed by atoms with Crippen LogP contribution in [-0.4, -0.2) is 14.1 Å². The standard InChI is InChI=1S/2C3H6Cl2Si/c1-3-6(2,4)5;1-2-3-6(4)5/h3H,1H2,2H3;2-3,6H,1H3. The zero-order valence-corrected chi connectivity index (χ0v) is 12.2. The van der Waals surface area contributed by atoms with Gasteiger partial charge in [0.1, 0.15) is 0 Å². The van der Waals surface area contributed by atoms with Crippen molar-refractivity contribution < 1.29 is 0 Å². The molecular formula is C6H12Cl4Si2. The Bertz CT molecular complexity index is 139. The van der Waals surface area contributed by atoms with Crippen LogP contribution in [0.3, 0.4) is 0 Å². The largest absolute Gasteiger partial charge is 0.270 e. The summed E-state index contributed by atoms with van der Waals surface area (Å²) in [6.45, 7) is 5.21. The molecule has 0 aliphatic carbocycles. The Morgan fingerprint density at radius 2 is 1.67 bits per heavy atom. The molecule has 72 valence electrons. The lowest BCUT2D eigenvalue weighted by Gasteiger charge is -1.96. The summed E-state index contributed by atoms with van der Waals surface area (Å²) in [6.07, 6.45) is 1.87. The number of hydrogen-bond acceptors (Lipinski definition) is 0. The summed E-state index contributed by atoms with van der Waals surface area (Å²) in [6, 6.07) is 0. The fourth-order valence-corrected chi connectivity index (χ4v) is 1.31. The van der Waals surface area contributed by atoms with E-state index in [9.17, 15) is 0 Å². The van der Waals surface area contributed by atoms with E-state index in [1.54, 1.807) is 12.2 Å². The summed E-state index contributed by atoms with van der Waals surface area (Å²) in [4.78, 5) is 0. The Labute approximate surface area is 95.6 Å². The van der Waals surface area contributed by atoms with E-state index in [1.807, 2.05) is 18.7 Å². The topological polar surface area (TPSA) is 0 Å². The maximum Gasteiger partial charge on any atom is 0.270 e. The van der Waals surface area contributed by atoms with Gasteiger partial charge in [0.15, 0.2) is 0 Å². The second-order valence-corrected chi connectivity index (χ2v) is 14.2. The van der Waals surface area contributed by atoms with Crippen molar-refractivity contribution in [1.29, 1.82) is 0 Å². The van der Waals surface area contributed by atoms with E-state index >= 15 is 0 Å². The van der Waals surface area contributed by atoms with Crippen LogP contribution >= 0.6 is 44.3 Å². The summed E-state index contributed by atoms with van der Waals surface area (Å²) >= 11 is 21.8. The van der Waals surface area contributed by atoms with Gasteiger partial charge in [-0.25, -0.2) is 0 Å². The highest BCUT2D eigenvalue weighted by molar-refractivity contribution is 7.47. The number of allylic oxidation sites excluding steroid dienone is 1. The van der Waals surface area contributed by atoms with Gasteiger partial charge in [-0.1, -0.05) is 17.5 Å². The molecule has 0 atom stereocenters. The highest BCUT2D eigenvalue weighted by atomic mass is 35.7. The van der Waals surface area contributed by atoms with Crippen molar-refractivity contribution in [2.24, 2.45) is 0 Å². The van der Waals surface area contributed by atoms with E-state index < -0.39 is 14.1 Å². The van der Waals surface area contributed by atoms with Crippen molar-refractivity contribution >= 4 is 58.4 Å². The third kappa shape index (κ3) is 22.5. The molecule has 0 aliphatic heterocycles. The second kappa shape index (κ2) is 8.66. The Morgan fingerprint density at radius 3 is 1.67 bits per heavy atom. The number of rotatable bonds is 2. The van der Waals surface area contributed by atoms with Gasteiger partial charge in [-0.15, -0.1) is 50.9 Å². The first-order valence-corrected chi connectivity index (χ1v) is 12.0. The molecule has 0 heterocycles. The molecule has 0 unspecified atom stereocenters. The predicted octanol–water partition coefficient (Wildman–Crippen LogP) is 4.06. The third-order valence-corrected chi connectivity index (χ3v) is 3.89. The molecule has 0 saturated carbocycles. The summed E-state index contributed by atoms with van der Waals surface area (Å²) < 4.78 is 0. The number of hydrogen-bond donors (Lipinski definition) is 0. The van der Waals surface area contributed by atoms with Gasteiger partial charge in [0, 0.05) is 0 Å². The summed E-state index contributed by atoms with van der Waals surface area (Å²) in [5.74, 6) is 0. The average Bonchev–Trinajstić information content (AvgIpc) is 1.87. The van der Waals surface area contributed by atoms with Crippen molar-refractivity contribution in [3.8, 4) is 0 Å². The highest BCUT2D eigenvalue weighted by Crippen LogP contribution is 2.12. The van der Waals surface area contributed by atoms with Crippen LogP contribution in [0.25, 0.3) is 0 Å². The fourth-order valence-electron chi connectivity index (χ4n) is 0.145. The van der Waals surface area contributed by atoms with Gasteiger partial charge in [-0.2, -0.15) is 0 Å². The molecule has 0 amide bonds. The van der Waals surface area contributed by atoms with Gasteiger partial charge in [-0.3, -0.25) is 0 Å². The van der Waals surface area contributed by atoms with Crippen LogP contribution in [0.4, 0.5) is 0 Å².